The number of amides is 1. The molecule has 1 rings (SSSR count). The number of hydroxylamine groups is 1. The Morgan fingerprint density at radius 1 is 1.41 bits per heavy atom. The number of nitrogens with two attached hydrogens (primary N) is 1. The Balaban J connectivity index is 3.06. The van der Waals surface area contributed by atoms with Crippen LogP contribution in [0, 0.1) is 0 Å². The molecule has 0 spiro atoms. The van der Waals surface area contributed by atoms with Crippen LogP contribution in [0.25, 0.3) is 0 Å². The third-order valence-corrected chi connectivity index (χ3v) is 2.20. The van der Waals surface area contributed by atoms with Crippen LogP contribution in [0.15, 0.2) is 18.2 Å². The summed E-state index contributed by atoms with van der Waals surface area (Å²) in [6.45, 7) is 0. The van der Waals surface area contributed by atoms with Crippen LogP contribution in [0.1, 0.15) is 15.9 Å². The molecule has 1 aromatic rings. The van der Waals surface area contributed by atoms with Gasteiger partial charge in [0.25, 0.3) is 5.91 Å². The molecule has 0 bridgehead atoms. The average molecular weight is 240 g/mol. The fourth-order valence-electron chi connectivity index (χ4n) is 1.34. The molecule has 0 radical (unpaired) electrons. The van der Waals surface area contributed by atoms with Gasteiger partial charge in [-0.1, -0.05) is 6.07 Å². The number of rotatable bonds is 4. The van der Waals surface area contributed by atoms with Crippen LogP contribution >= 0.6 is 0 Å². The molecule has 7 heteroatoms. The number of aliphatic carboxylic acids is 1. The summed E-state index contributed by atoms with van der Waals surface area (Å²) in [5.41, 5.74) is 7.05. The number of phenolic OH excluding ortho intramolecular Hbond substituents is 1. The maximum absolute atomic E-state index is 11.3. The number of carbonyl (C=O) groups excluding carboxylic acids is 1. The minimum absolute atomic E-state index is 0.0239. The van der Waals surface area contributed by atoms with Crippen molar-refractivity contribution >= 4 is 11.9 Å². The zero-order chi connectivity index (χ0) is 13.0. The van der Waals surface area contributed by atoms with Gasteiger partial charge in [-0.15, -0.1) is 0 Å². The highest BCUT2D eigenvalue weighted by Gasteiger charge is 2.18. The predicted octanol–water partition coefficient (Wildman–Crippen LogP) is -0.534. The van der Waals surface area contributed by atoms with Crippen LogP contribution in [-0.2, 0) is 11.2 Å². The van der Waals surface area contributed by atoms with Gasteiger partial charge in [0.15, 0.2) is 0 Å². The number of phenols is 1. The van der Waals surface area contributed by atoms with E-state index in [1.54, 1.807) is 0 Å². The van der Waals surface area contributed by atoms with E-state index < -0.39 is 17.9 Å². The van der Waals surface area contributed by atoms with Crippen molar-refractivity contribution < 1.29 is 25.0 Å². The molecule has 1 amide bonds. The third kappa shape index (κ3) is 3.16. The second kappa shape index (κ2) is 5.28. The number of hydrogen-bond acceptors (Lipinski definition) is 5. The molecule has 7 nitrogen and oxygen atoms in total. The highest BCUT2D eigenvalue weighted by atomic mass is 16.5. The van der Waals surface area contributed by atoms with Crippen LogP contribution in [-0.4, -0.2) is 33.3 Å². The summed E-state index contributed by atoms with van der Waals surface area (Å²) in [6, 6.07) is 2.64. The molecule has 0 saturated heterocycles. The van der Waals surface area contributed by atoms with Crippen molar-refractivity contribution in [3.63, 3.8) is 0 Å². The molecule has 0 aliphatic rings. The Hall–Kier alpha value is -2.12. The van der Waals surface area contributed by atoms with Gasteiger partial charge in [-0.05, 0) is 24.1 Å². The Morgan fingerprint density at radius 2 is 2.06 bits per heavy atom. The summed E-state index contributed by atoms with van der Waals surface area (Å²) < 4.78 is 0. The van der Waals surface area contributed by atoms with Gasteiger partial charge < -0.3 is 15.9 Å². The molecule has 0 aliphatic carbocycles. The first-order chi connectivity index (χ1) is 7.95. The standard InChI is InChI=1S/C10H12N2O5/c11-8(10(15)16)3-5-1-2-6(13)4-7(5)9(14)12-17/h1-2,4,8,13,17H,3,11H2,(H,12,14)(H,15,16). The van der Waals surface area contributed by atoms with E-state index in [9.17, 15) is 14.7 Å². The van der Waals surface area contributed by atoms with Gasteiger partial charge in [0.2, 0.25) is 0 Å². The van der Waals surface area contributed by atoms with E-state index in [4.69, 9.17) is 16.0 Å². The van der Waals surface area contributed by atoms with Crippen LogP contribution < -0.4 is 11.2 Å². The van der Waals surface area contributed by atoms with E-state index in [-0.39, 0.29) is 17.7 Å². The van der Waals surface area contributed by atoms with Crippen molar-refractivity contribution in [2.45, 2.75) is 12.5 Å². The Bertz CT molecular complexity index is 446. The quantitative estimate of drug-likeness (QED) is 0.355. The predicted molar refractivity (Wildman–Crippen MR) is 56.7 cm³/mol. The molecule has 6 N–H and O–H groups in total. The number of carboxylic acids is 1. The first-order valence-electron chi connectivity index (χ1n) is 4.70. The van der Waals surface area contributed by atoms with Gasteiger partial charge in [-0.2, -0.15) is 0 Å². The van der Waals surface area contributed by atoms with Crippen molar-refractivity contribution in [1.29, 1.82) is 0 Å². The van der Waals surface area contributed by atoms with E-state index in [1.807, 2.05) is 0 Å². The molecular weight excluding hydrogens is 228 g/mol. The van der Waals surface area contributed by atoms with Crippen LogP contribution in [0.2, 0.25) is 0 Å². The highest BCUT2D eigenvalue weighted by molar-refractivity contribution is 5.95. The second-order valence-electron chi connectivity index (χ2n) is 3.43. The lowest BCUT2D eigenvalue weighted by Gasteiger charge is -2.11. The number of carboxylic acid groups (broad SMARTS) is 1. The monoisotopic (exact) mass is 240 g/mol. The van der Waals surface area contributed by atoms with Crippen LogP contribution in [0.5, 0.6) is 5.75 Å². The lowest BCUT2D eigenvalue weighted by molar-refractivity contribution is -0.138. The summed E-state index contributed by atoms with van der Waals surface area (Å²) in [5, 5.41) is 26.4. The van der Waals surface area contributed by atoms with E-state index in [1.165, 1.54) is 17.6 Å². The van der Waals surface area contributed by atoms with Crippen molar-refractivity contribution in [2.24, 2.45) is 5.73 Å². The molecule has 0 heterocycles. The van der Waals surface area contributed by atoms with Crippen LogP contribution in [0.4, 0.5) is 0 Å². The SMILES string of the molecule is NC(Cc1ccc(O)cc1C(=O)NO)C(=O)O. The minimum Gasteiger partial charge on any atom is -0.508 e. The number of nitrogens with one attached hydrogen (secondary N) is 1. The average Bonchev–Trinajstić information content (AvgIpc) is 2.30. The lowest BCUT2D eigenvalue weighted by Crippen LogP contribution is -2.33. The van der Waals surface area contributed by atoms with E-state index >= 15 is 0 Å². The molecule has 17 heavy (non-hydrogen) atoms. The van der Waals surface area contributed by atoms with Gasteiger partial charge >= 0.3 is 5.97 Å². The first kappa shape index (κ1) is 12.9. The maximum Gasteiger partial charge on any atom is 0.320 e. The third-order valence-electron chi connectivity index (χ3n) is 2.20. The van der Waals surface area contributed by atoms with Crippen molar-refractivity contribution in [1.82, 2.24) is 5.48 Å². The first-order valence-corrected chi connectivity index (χ1v) is 4.70. The smallest absolute Gasteiger partial charge is 0.320 e. The van der Waals surface area contributed by atoms with Crippen molar-refractivity contribution in [3.05, 3.63) is 29.3 Å². The summed E-state index contributed by atoms with van der Waals surface area (Å²) in [5.74, 6) is -2.21. The Kier molecular flexibility index (Phi) is 4.02. The molecule has 0 aliphatic heterocycles. The fourth-order valence-corrected chi connectivity index (χ4v) is 1.34. The zero-order valence-electron chi connectivity index (χ0n) is 8.75. The normalized spacial score (nSPS) is 11.9. The number of hydrogen-bond donors (Lipinski definition) is 5. The second-order valence-corrected chi connectivity index (χ2v) is 3.43. The number of carbonyl (C=O) groups is 2. The van der Waals surface area contributed by atoms with Crippen LogP contribution in [0.3, 0.4) is 0 Å². The fraction of sp³-hybridized carbons (Fsp3) is 0.200. The molecule has 92 valence electrons. The summed E-state index contributed by atoms with van der Waals surface area (Å²) in [4.78, 5) is 21.9. The number of benzene rings is 1. The molecular formula is C10H12N2O5. The summed E-state index contributed by atoms with van der Waals surface area (Å²) in [6.07, 6.45) is -0.0850. The summed E-state index contributed by atoms with van der Waals surface area (Å²) in [7, 11) is 0. The van der Waals surface area contributed by atoms with Crippen molar-refractivity contribution in [3.8, 4) is 5.75 Å². The van der Waals surface area contributed by atoms with Gasteiger partial charge in [0.05, 0.1) is 0 Å². The molecule has 0 fully saturated rings. The zero-order valence-corrected chi connectivity index (χ0v) is 8.75. The Morgan fingerprint density at radius 3 is 2.59 bits per heavy atom. The highest BCUT2D eigenvalue weighted by Crippen LogP contribution is 2.18. The van der Waals surface area contributed by atoms with Gasteiger partial charge in [0.1, 0.15) is 11.8 Å². The lowest BCUT2D eigenvalue weighted by atomic mass is 10.00. The Labute approximate surface area is 96.4 Å². The van der Waals surface area contributed by atoms with Gasteiger partial charge in [-0.3, -0.25) is 14.8 Å². The molecule has 1 atom stereocenters. The largest absolute Gasteiger partial charge is 0.508 e. The minimum atomic E-state index is -1.20. The maximum atomic E-state index is 11.3. The van der Waals surface area contributed by atoms with E-state index in [0.29, 0.717) is 5.56 Å². The molecule has 0 saturated carbocycles. The van der Waals surface area contributed by atoms with E-state index in [0.717, 1.165) is 6.07 Å². The van der Waals surface area contributed by atoms with Gasteiger partial charge in [0, 0.05) is 5.56 Å². The summed E-state index contributed by atoms with van der Waals surface area (Å²) >= 11 is 0. The molecule has 1 unspecified atom stereocenters. The number of aromatic hydroxyl groups is 1. The topological polar surface area (TPSA) is 133 Å². The molecule has 1 aromatic carbocycles. The molecule has 0 aromatic heterocycles. The van der Waals surface area contributed by atoms with E-state index in [2.05, 4.69) is 0 Å². The van der Waals surface area contributed by atoms with Gasteiger partial charge in [-0.25, -0.2) is 5.48 Å². The van der Waals surface area contributed by atoms with Crippen molar-refractivity contribution in [2.75, 3.05) is 0 Å².